The molecule has 0 aliphatic rings. The zero-order valence-corrected chi connectivity index (χ0v) is 40.0. The van der Waals surface area contributed by atoms with Crippen LogP contribution in [0.25, 0.3) is 0 Å². The summed E-state index contributed by atoms with van der Waals surface area (Å²) < 4.78 is 4.38. The lowest BCUT2D eigenvalue weighted by molar-refractivity contribution is -0.131. The molecule has 0 fully saturated rings. The van der Waals surface area contributed by atoms with Crippen LogP contribution >= 0.6 is 0 Å². The second-order valence-corrected chi connectivity index (χ2v) is 20.3. The predicted octanol–water partition coefficient (Wildman–Crippen LogP) is 11.3. The van der Waals surface area contributed by atoms with Crippen molar-refractivity contribution in [2.45, 2.75) is 180 Å². The maximum Gasteiger partial charge on any atom is 0.407 e. The highest BCUT2D eigenvalue weighted by Crippen LogP contribution is 2.21. The Morgan fingerprint density at radius 2 is 0.945 bits per heavy atom. The third-order valence-corrected chi connectivity index (χ3v) is 7.03. The topological polar surface area (TPSA) is 99.8 Å². The zero-order valence-electron chi connectivity index (χ0n) is 40.0. The fourth-order valence-electron chi connectivity index (χ4n) is 3.73. The summed E-state index contributed by atoms with van der Waals surface area (Å²) in [4.78, 5) is 33.3. The molecule has 0 radical (unpaired) electrons. The van der Waals surface area contributed by atoms with Gasteiger partial charge in [-0.25, -0.2) is 4.79 Å². The Morgan fingerprint density at radius 3 is 1.13 bits per heavy atom. The van der Waals surface area contributed by atoms with Gasteiger partial charge in [-0.2, -0.15) is 0 Å². The van der Waals surface area contributed by atoms with Crippen molar-refractivity contribution in [1.82, 2.24) is 20.9 Å². The maximum absolute atomic E-state index is 10.7. The molecule has 0 bridgehead atoms. The number of alkyl carbamates (subject to hydrolysis) is 1. The van der Waals surface area contributed by atoms with Gasteiger partial charge in [0.1, 0.15) is 0 Å². The maximum atomic E-state index is 10.7. The summed E-state index contributed by atoms with van der Waals surface area (Å²) in [6.07, 6.45) is 3.23. The lowest BCUT2D eigenvalue weighted by Gasteiger charge is -2.30. The van der Waals surface area contributed by atoms with E-state index in [1.807, 2.05) is 76.4 Å². The van der Waals surface area contributed by atoms with E-state index in [-0.39, 0.29) is 34.5 Å². The van der Waals surface area contributed by atoms with Crippen LogP contribution in [0.2, 0.25) is 0 Å². The lowest BCUT2D eigenvalue weighted by atomic mass is 9.88. The summed E-state index contributed by atoms with van der Waals surface area (Å²) in [5, 5.41) is 8.45. The van der Waals surface area contributed by atoms with E-state index in [1.54, 1.807) is 11.8 Å². The summed E-state index contributed by atoms with van der Waals surface area (Å²) >= 11 is 0. The van der Waals surface area contributed by atoms with Crippen LogP contribution in [0.15, 0.2) is 60.7 Å². The van der Waals surface area contributed by atoms with Gasteiger partial charge in [0.25, 0.3) is 0 Å². The van der Waals surface area contributed by atoms with E-state index in [0.717, 1.165) is 6.42 Å². The summed E-state index contributed by atoms with van der Waals surface area (Å²) in [5.74, 6) is 0.139. The van der Waals surface area contributed by atoms with Crippen molar-refractivity contribution in [2.24, 2.45) is 10.8 Å². The third-order valence-electron chi connectivity index (χ3n) is 7.03. The van der Waals surface area contributed by atoms with Crippen LogP contribution in [0, 0.1) is 10.8 Å². The third kappa shape index (κ3) is 50.6. The Bertz CT molecular complexity index is 1270. The SMILES string of the molecule is CC(=O)N(C)C(C)(C)C.CC(=O)NC(C)(C)C.CC(C)(C)CCc1ccccc1.CC(C)(C)Cc1ccccc1.CNC(C)(C)C.COC(=O)NC(C)(C)C. The van der Waals surface area contributed by atoms with Gasteiger partial charge < -0.3 is 25.6 Å². The minimum absolute atomic E-state index is 0.0255. The van der Waals surface area contributed by atoms with E-state index in [4.69, 9.17) is 0 Å². The molecule has 3 N–H and O–H groups in total. The molecule has 0 spiro atoms. The number of carbonyl (C=O) groups excluding carboxylic acids is 3. The summed E-state index contributed by atoms with van der Waals surface area (Å²) in [6, 6.07) is 21.3. The molecule has 0 atom stereocenters. The van der Waals surface area contributed by atoms with Gasteiger partial charge in [-0.15, -0.1) is 0 Å². The van der Waals surface area contributed by atoms with Gasteiger partial charge in [0, 0.05) is 43.1 Å². The number of methoxy groups -OCH3 is 1. The smallest absolute Gasteiger partial charge is 0.407 e. The molecule has 2 rings (SSSR count). The van der Waals surface area contributed by atoms with Gasteiger partial charge in [0.15, 0.2) is 0 Å². The molecular formula is C47H88N4O4. The van der Waals surface area contributed by atoms with Crippen molar-refractivity contribution in [3.05, 3.63) is 71.8 Å². The Balaban J connectivity index is -0.000000288. The molecule has 0 aliphatic heterocycles. The molecule has 8 nitrogen and oxygen atoms in total. The molecule has 8 heteroatoms. The number of rotatable bonds is 3. The first-order valence-corrected chi connectivity index (χ1v) is 19.6. The average molecular weight is 773 g/mol. The van der Waals surface area contributed by atoms with Gasteiger partial charge in [0.2, 0.25) is 11.8 Å². The van der Waals surface area contributed by atoms with Crippen LogP contribution in [0.4, 0.5) is 4.79 Å². The highest BCUT2D eigenvalue weighted by Gasteiger charge is 2.18. The monoisotopic (exact) mass is 773 g/mol. The van der Waals surface area contributed by atoms with E-state index in [1.165, 1.54) is 38.0 Å². The van der Waals surface area contributed by atoms with Crippen molar-refractivity contribution >= 4 is 17.9 Å². The number of nitrogens with one attached hydrogen (secondary N) is 3. The standard InChI is InChI=1S/C12H18.C11H16.C7H15NO.C6H13NO2.C6H13NO.C5H13N/c1-12(2,3)10-9-11-7-5-4-6-8-11;1-11(2,3)9-10-7-5-4-6-8-10;1-6(9)8(5)7(2,3)4;1-6(2,3)7-5(8)9-4;1-5(8)7-6(2,3)4;1-5(2,3)6-4/h4-8H,9-10H2,1-3H3;4-8H,9H2,1-3H3;1-5H3;1-4H3,(H,7,8);1-4H3,(H,7,8);6H,1-4H3. The van der Waals surface area contributed by atoms with E-state index in [0.29, 0.717) is 16.4 Å². The molecule has 0 unspecified atom stereocenters. The van der Waals surface area contributed by atoms with Crippen molar-refractivity contribution in [3.63, 3.8) is 0 Å². The molecule has 0 aromatic heterocycles. The first kappa shape index (κ1) is 58.3. The lowest BCUT2D eigenvalue weighted by Crippen LogP contribution is -2.41. The Morgan fingerprint density at radius 1 is 0.582 bits per heavy atom. The molecule has 0 aliphatic carbocycles. The number of carbonyl (C=O) groups is 3. The van der Waals surface area contributed by atoms with Crippen LogP contribution in [0.1, 0.15) is 156 Å². The molecule has 55 heavy (non-hydrogen) atoms. The fraction of sp³-hybridized carbons (Fsp3) is 0.681. The molecule has 0 saturated carbocycles. The van der Waals surface area contributed by atoms with Gasteiger partial charge >= 0.3 is 6.09 Å². The summed E-state index contributed by atoms with van der Waals surface area (Å²) in [5.41, 5.74) is 3.72. The Hall–Kier alpha value is -3.39. The minimum atomic E-state index is -0.387. The minimum Gasteiger partial charge on any atom is -0.453 e. The largest absolute Gasteiger partial charge is 0.453 e. The molecule has 3 amide bonds. The fourth-order valence-corrected chi connectivity index (χ4v) is 3.73. The second-order valence-electron chi connectivity index (χ2n) is 20.3. The number of nitrogens with zero attached hydrogens (tertiary/aromatic N) is 1. The van der Waals surface area contributed by atoms with E-state index < -0.39 is 0 Å². The molecule has 320 valence electrons. The first-order chi connectivity index (χ1) is 24.4. The van der Waals surface area contributed by atoms with E-state index in [9.17, 15) is 14.4 Å². The molecular weight excluding hydrogens is 685 g/mol. The van der Waals surface area contributed by atoms with Crippen molar-refractivity contribution in [3.8, 4) is 0 Å². The van der Waals surface area contributed by atoms with Crippen molar-refractivity contribution in [1.29, 1.82) is 0 Å². The van der Waals surface area contributed by atoms with E-state index in [2.05, 4.69) is 144 Å². The second kappa shape index (κ2) is 27.2. The molecule has 2 aromatic carbocycles. The summed E-state index contributed by atoms with van der Waals surface area (Å²) in [7, 11) is 5.11. The first-order valence-electron chi connectivity index (χ1n) is 19.6. The van der Waals surface area contributed by atoms with Gasteiger partial charge in [-0.3, -0.25) is 9.59 Å². The predicted molar refractivity (Wildman–Crippen MR) is 240 cm³/mol. The number of benzene rings is 2. The zero-order chi connectivity index (χ0) is 44.5. The quantitative estimate of drug-likeness (QED) is 0.288. The van der Waals surface area contributed by atoms with Crippen molar-refractivity contribution in [2.75, 3.05) is 21.2 Å². The van der Waals surface area contributed by atoms with Crippen LogP contribution in [0.5, 0.6) is 0 Å². The number of hydrogen-bond donors (Lipinski definition) is 3. The molecule has 2 aromatic rings. The summed E-state index contributed by atoms with van der Waals surface area (Å²) in [6.45, 7) is 40.7. The normalized spacial score (nSPS) is 11.3. The van der Waals surface area contributed by atoms with Crippen LogP contribution in [-0.4, -0.2) is 66.2 Å². The van der Waals surface area contributed by atoms with Gasteiger partial charge in [0.05, 0.1) is 7.11 Å². The number of amides is 3. The van der Waals surface area contributed by atoms with Gasteiger partial charge in [-0.05, 0) is 131 Å². The van der Waals surface area contributed by atoms with Crippen molar-refractivity contribution < 1.29 is 19.1 Å². The average Bonchev–Trinajstić information content (AvgIpc) is 2.98. The van der Waals surface area contributed by atoms with Crippen LogP contribution in [0.3, 0.4) is 0 Å². The number of ether oxygens (including phenoxy) is 1. The number of aryl methyl sites for hydroxylation is 1. The van der Waals surface area contributed by atoms with E-state index >= 15 is 0 Å². The Kier molecular flexibility index (Phi) is 28.9. The van der Waals surface area contributed by atoms with Crippen LogP contribution < -0.4 is 16.0 Å². The molecule has 0 saturated heterocycles. The highest BCUT2D eigenvalue weighted by molar-refractivity contribution is 5.74. The Labute approximate surface area is 340 Å². The number of hydrogen-bond acceptors (Lipinski definition) is 5. The highest BCUT2D eigenvalue weighted by atomic mass is 16.5. The molecule has 0 heterocycles. The van der Waals surface area contributed by atoms with Crippen LogP contribution in [-0.2, 0) is 27.2 Å². The van der Waals surface area contributed by atoms with Gasteiger partial charge in [-0.1, -0.05) is 102 Å².